The van der Waals surface area contributed by atoms with E-state index < -0.39 is 0 Å². The predicted octanol–water partition coefficient (Wildman–Crippen LogP) is 3.49. The zero-order valence-electron chi connectivity index (χ0n) is 11.5. The lowest BCUT2D eigenvalue weighted by molar-refractivity contribution is 0.372. The molecule has 0 radical (unpaired) electrons. The van der Waals surface area contributed by atoms with Crippen LogP contribution in [0.2, 0.25) is 0 Å². The van der Waals surface area contributed by atoms with E-state index in [1.165, 1.54) is 24.8 Å². The lowest BCUT2D eigenvalue weighted by Crippen LogP contribution is -2.38. The van der Waals surface area contributed by atoms with E-state index in [2.05, 4.69) is 19.2 Å². The number of hydrogen-bond donors (Lipinski definition) is 2. The first-order valence-corrected chi connectivity index (χ1v) is 7.19. The Kier molecular flexibility index (Phi) is 4.65. The fraction of sp³-hybridized carbons (Fsp3) is 0.625. The van der Waals surface area contributed by atoms with Crippen molar-refractivity contribution < 1.29 is 5.11 Å². The van der Waals surface area contributed by atoms with Crippen LogP contribution in [-0.4, -0.2) is 17.2 Å². The zero-order valence-corrected chi connectivity index (χ0v) is 11.5. The summed E-state index contributed by atoms with van der Waals surface area (Å²) in [5.41, 5.74) is 1.31. The van der Waals surface area contributed by atoms with Crippen LogP contribution in [0.3, 0.4) is 0 Å². The Morgan fingerprint density at radius 1 is 1.28 bits per heavy atom. The number of phenols is 1. The second-order valence-electron chi connectivity index (χ2n) is 5.79. The molecule has 0 heterocycles. The van der Waals surface area contributed by atoms with Crippen molar-refractivity contribution in [2.45, 2.75) is 58.0 Å². The van der Waals surface area contributed by atoms with E-state index in [0.717, 1.165) is 24.8 Å². The molecule has 3 unspecified atom stereocenters. The number of aryl methyl sites for hydroxylation is 1. The Morgan fingerprint density at radius 2 is 2.00 bits per heavy atom. The highest BCUT2D eigenvalue weighted by molar-refractivity contribution is 5.25. The van der Waals surface area contributed by atoms with E-state index >= 15 is 0 Å². The van der Waals surface area contributed by atoms with Gasteiger partial charge < -0.3 is 10.4 Å². The van der Waals surface area contributed by atoms with Gasteiger partial charge in [0.15, 0.2) is 0 Å². The highest BCUT2D eigenvalue weighted by atomic mass is 16.3. The van der Waals surface area contributed by atoms with Crippen LogP contribution in [0.1, 0.15) is 45.1 Å². The van der Waals surface area contributed by atoms with Crippen molar-refractivity contribution in [3.8, 4) is 5.75 Å². The maximum Gasteiger partial charge on any atom is 0.115 e. The summed E-state index contributed by atoms with van der Waals surface area (Å²) in [4.78, 5) is 0. The van der Waals surface area contributed by atoms with E-state index in [1.807, 2.05) is 12.1 Å². The summed E-state index contributed by atoms with van der Waals surface area (Å²) in [6.07, 6.45) is 6.33. The van der Waals surface area contributed by atoms with Gasteiger partial charge in [-0.1, -0.05) is 25.5 Å². The summed E-state index contributed by atoms with van der Waals surface area (Å²) in [6.45, 7) is 4.64. The highest BCUT2D eigenvalue weighted by Gasteiger charge is 2.23. The monoisotopic (exact) mass is 247 g/mol. The van der Waals surface area contributed by atoms with Gasteiger partial charge in [-0.2, -0.15) is 0 Å². The number of hydrogen-bond acceptors (Lipinski definition) is 2. The average molecular weight is 247 g/mol. The Labute approximate surface area is 110 Å². The van der Waals surface area contributed by atoms with Crippen LogP contribution in [0.25, 0.3) is 0 Å². The van der Waals surface area contributed by atoms with Crippen molar-refractivity contribution in [1.29, 1.82) is 0 Å². The van der Waals surface area contributed by atoms with E-state index in [9.17, 15) is 5.11 Å². The van der Waals surface area contributed by atoms with Gasteiger partial charge in [-0.15, -0.1) is 0 Å². The fourth-order valence-electron chi connectivity index (χ4n) is 2.89. The number of aromatic hydroxyl groups is 1. The Balaban J connectivity index is 1.74. The Morgan fingerprint density at radius 3 is 2.61 bits per heavy atom. The molecule has 100 valence electrons. The van der Waals surface area contributed by atoms with Gasteiger partial charge in [0.25, 0.3) is 0 Å². The molecular formula is C16H25NO. The van der Waals surface area contributed by atoms with Crippen LogP contribution in [-0.2, 0) is 6.42 Å². The van der Waals surface area contributed by atoms with Gasteiger partial charge in [0.1, 0.15) is 5.75 Å². The molecule has 1 aromatic rings. The number of phenolic OH excluding ortho intramolecular Hbond substituents is 1. The van der Waals surface area contributed by atoms with Crippen LogP contribution >= 0.6 is 0 Å². The van der Waals surface area contributed by atoms with Crippen molar-refractivity contribution in [3.63, 3.8) is 0 Å². The maximum atomic E-state index is 9.24. The molecular weight excluding hydrogens is 222 g/mol. The van der Waals surface area contributed by atoms with Crippen molar-refractivity contribution in [3.05, 3.63) is 29.8 Å². The van der Waals surface area contributed by atoms with Crippen molar-refractivity contribution >= 4 is 0 Å². The minimum absolute atomic E-state index is 0.352. The third-order valence-corrected chi connectivity index (χ3v) is 4.16. The van der Waals surface area contributed by atoms with E-state index in [-0.39, 0.29) is 0 Å². The summed E-state index contributed by atoms with van der Waals surface area (Å²) in [6, 6.07) is 8.86. The topological polar surface area (TPSA) is 32.3 Å². The minimum Gasteiger partial charge on any atom is -0.508 e. The van der Waals surface area contributed by atoms with Gasteiger partial charge in [0, 0.05) is 12.1 Å². The maximum absolute atomic E-state index is 9.24. The summed E-state index contributed by atoms with van der Waals surface area (Å²) in [5.74, 6) is 1.19. The van der Waals surface area contributed by atoms with Gasteiger partial charge >= 0.3 is 0 Å². The smallest absolute Gasteiger partial charge is 0.115 e. The first-order valence-electron chi connectivity index (χ1n) is 7.19. The molecule has 3 atom stereocenters. The molecule has 18 heavy (non-hydrogen) atoms. The SMILES string of the molecule is CC(CCc1ccc(O)cc1)NC1CCCC1C. The molecule has 0 amide bonds. The molecule has 1 fully saturated rings. The molecule has 2 heteroatoms. The minimum atomic E-state index is 0.352. The number of benzene rings is 1. The van der Waals surface area contributed by atoms with Crippen molar-refractivity contribution in [1.82, 2.24) is 5.32 Å². The van der Waals surface area contributed by atoms with Gasteiger partial charge in [-0.25, -0.2) is 0 Å². The van der Waals surface area contributed by atoms with E-state index in [4.69, 9.17) is 0 Å². The normalized spacial score (nSPS) is 25.2. The molecule has 0 aromatic heterocycles. The van der Waals surface area contributed by atoms with Gasteiger partial charge in [0.2, 0.25) is 0 Å². The van der Waals surface area contributed by atoms with Crippen LogP contribution in [0.4, 0.5) is 0 Å². The van der Waals surface area contributed by atoms with Crippen molar-refractivity contribution in [2.24, 2.45) is 5.92 Å². The molecule has 2 N–H and O–H groups in total. The standard InChI is InChI=1S/C16H25NO/c1-12-4-3-5-16(12)17-13(2)6-7-14-8-10-15(18)11-9-14/h8-13,16-18H,3-7H2,1-2H3. The van der Waals surface area contributed by atoms with Gasteiger partial charge in [-0.3, -0.25) is 0 Å². The Bertz CT molecular complexity index is 360. The first-order chi connectivity index (χ1) is 8.65. The fourth-order valence-corrected chi connectivity index (χ4v) is 2.89. The summed E-state index contributed by atoms with van der Waals surface area (Å²) in [5, 5.41) is 13.0. The molecule has 1 aromatic carbocycles. The number of rotatable bonds is 5. The molecule has 0 bridgehead atoms. The third-order valence-electron chi connectivity index (χ3n) is 4.16. The average Bonchev–Trinajstić information content (AvgIpc) is 2.74. The van der Waals surface area contributed by atoms with Crippen LogP contribution in [0.15, 0.2) is 24.3 Å². The second kappa shape index (κ2) is 6.24. The quantitative estimate of drug-likeness (QED) is 0.834. The first kappa shape index (κ1) is 13.4. The Hall–Kier alpha value is -1.02. The van der Waals surface area contributed by atoms with E-state index in [1.54, 1.807) is 12.1 Å². The molecule has 1 aliphatic rings. The summed E-state index contributed by atoms with van der Waals surface area (Å²) < 4.78 is 0. The third kappa shape index (κ3) is 3.74. The largest absolute Gasteiger partial charge is 0.508 e. The molecule has 0 aliphatic heterocycles. The van der Waals surface area contributed by atoms with Crippen LogP contribution < -0.4 is 5.32 Å². The predicted molar refractivity (Wildman–Crippen MR) is 75.8 cm³/mol. The summed E-state index contributed by atoms with van der Waals surface area (Å²) >= 11 is 0. The lowest BCUT2D eigenvalue weighted by atomic mass is 10.0. The molecule has 0 spiro atoms. The highest BCUT2D eigenvalue weighted by Crippen LogP contribution is 2.25. The molecule has 2 rings (SSSR count). The number of nitrogens with one attached hydrogen (secondary N) is 1. The molecule has 0 saturated heterocycles. The zero-order chi connectivity index (χ0) is 13.0. The van der Waals surface area contributed by atoms with Gasteiger partial charge in [-0.05, 0) is 56.2 Å². The lowest BCUT2D eigenvalue weighted by Gasteiger charge is -2.22. The van der Waals surface area contributed by atoms with Crippen LogP contribution in [0.5, 0.6) is 5.75 Å². The second-order valence-corrected chi connectivity index (χ2v) is 5.79. The van der Waals surface area contributed by atoms with Crippen molar-refractivity contribution in [2.75, 3.05) is 0 Å². The molecule has 1 aliphatic carbocycles. The van der Waals surface area contributed by atoms with E-state index in [0.29, 0.717) is 11.8 Å². The van der Waals surface area contributed by atoms with Gasteiger partial charge in [0.05, 0.1) is 0 Å². The molecule has 2 nitrogen and oxygen atoms in total. The van der Waals surface area contributed by atoms with Crippen LogP contribution in [0, 0.1) is 5.92 Å². The summed E-state index contributed by atoms with van der Waals surface area (Å²) in [7, 11) is 0. The molecule has 1 saturated carbocycles.